The Morgan fingerprint density at radius 2 is 1.76 bits per heavy atom. The van der Waals surface area contributed by atoms with Crippen molar-refractivity contribution in [3.05, 3.63) is 90.3 Å². The zero-order valence-corrected chi connectivity index (χ0v) is 19.1. The minimum absolute atomic E-state index is 0.273. The molecule has 0 spiro atoms. The summed E-state index contributed by atoms with van der Waals surface area (Å²) >= 11 is 0. The van der Waals surface area contributed by atoms with E-state index in [0.29, 0.717) is 0 Å². The molecule has 0 unspecified atom stereocenters. The van der Waals surface area contributed by atoms with Gasteiger partial charge in [0.05, 0.1) is 17.6 Å². The molecule has 8 heteroatoms. The van der Waals surface area contributed by atoms with Gasteiger partial charge >= 0.3 is 0 Å². The Bertz CT molecular complexity index is 1230. The third-order valence-electron chi connectivity index (χ3n) is 6.14. The van der Waals surface area contributed by atoms with Crippen molar-refractivity contribution in [1.82, 2.24) is 24.8 Å². The van der Waals surface area contributed by atoms with Crippen LogP contribution in [-0.4, -0.2) is 56.9 Å². The third kappa shape index (κ3) is 4.67. The number of H-pyrrole nitrogens is 1. The van der Waals surface area contributed by atoms with Gasteiger partial charge in [-0.2, -0.15) is 0 Å². The minimum atomic E-state index is -0.273. The predicted octanol–water partition coefficient (Wildman–Crippen LogP) is 3.75. The monoisotopic (exact) mass is 453 g/mol. The predicted molar refractivity (Wildman–Crippen MR) is 133 cm³/mol. The zero-order valence-electron chi connectivity index (χ0n) is 19.1. The zero-order chi connectivity index (χ0) is 23.3. The standard InChI is InChI=1S/C26H27N7O/c1-19-21(18-32-13-15-33(16-14-32)23-9-5-6-10-29-23)25(24(30-19)20-7-3-2-4-8-20)31-26(34)22-17-27-11-12-28-22/h2-12,17,30H,13-16,18H2,1H3,(H,31,34). The van der Waals surface area contributed by atoms with Crippen LogP contribution in [-0.2, 0) is 6.54 Å². The highest BCUT2D eigenvalue weighted by Gasteiger charge is 2.24. The summed E-state index contributed by atoms with van der Waals surface area (Å²) in [6.45, 7) is 6.45. The summed E-state index contributed by atoms with van der Waals surface area (Å²) in [6, 6.07) is 16.1. The van der Waals surface area contributed by atoms with Crippen molar-refractivity contribution in [3.8, 4) is 11.3 Å². The van der Waals surface area contributed by atoms with E-state index in [1.807, 2.05) is 48.7 Å². The van der Waals surface area contributed by atoms with Crippen LogP contribution in [0.25, 0.3) is 11.3 Å². The second-order valence-corrected chi connectivity index (χ2v) is 8.34. The van der Waals surface area contributed by atoms with E-state index < -0.39 is 0 Å². The summed E-state index contributed by atoms with van der Waals surface area (Å²) in [6.07, 6.45) is 6.40. The molecule has 1 fully saturated rings. The molecule has 5 rings (SSSR count). The molecule has 3 aromatic heterocycles. The van der Waals surface area contributed by atoms with Crippen molar-refractivity contribution in [3.63, 3.8) is 0 Å². The van der Waals surface area contributed by atoms with Crippen LogP contribution in [0.4, 0.5) is 11.5 Å². The smallest absolute Gasteiger partial charge is 0.275 e. The topological polar surface area (TPSA) is 90.0 Å². The maximum atomic E-state index is 13.0. The lowest BCUT2D eigenvalue weighted by molar-refractivity contribution is 0.102. The van der Waals surface area contributed by atoms with Gasteiger partial charge in [-0.15, -0.1) is 0 Å². The van der Waals surface area contributed by atoms with Gasteiger partial charge in [0.15, 0.2) is 0 Å². The summed E-state index contributed by atoms with van der Waals surface area (Å²) in [5, 5.41) is 3.12. The highest BCUT2D eigenvalue weighted by Crippen LogP contribution is 2.34. The number of benzene rings is 1. The normalized spacial score (nSPS) is 14.2. The molecule has 1 aliphatic heterocycles. The summed E-state index contributed by atoms with van der Waals surface area (Å²) in [4.78, 5) is 33.9. The van der Waals surface area contributed by atoms with E-state index in [2.05, 4.69) is 48.0 Å². The van der Waals surface area contributed by atoms with E-state index in [0.717, 1.165) is 66.7 Å². The fourth-order valence-corrected chi connectivity index (χ4v) is 4.31. The quantitative estimate of drug-likeness (QED) is 0.462. The molecule has 0 aliphatic carbocycles. The van der Waals surface area contributed by atoms with Crippen LogP contribution in [0.15, 0.2) is 73.3 Å². The van der Waals surface area contributed by atoms with Crippen LogP contribution in [0, 0.1) is 6.92 Å². The van der Waals surface area contributed by atoms with Crippen molar-refractivity contribution >= 4 is 17.4 Å². The Morgan fingerprint density at radius 3 is 2.47 bits per heavy atom. The molecular formula is C26H27N7O. The van der Waals surface area contributed by atoms with Crippen LogP contribution in [0.1, 0.15) is 21.7 Å². The number of carbonyl (C=O) groups excluding carboxylic acids is 1. The molecule has 8 nitrogen and oxygen atoms in total. The molecule has 4 aromatic rings. The molecule has 0 radical (unpaired) electrons. The molecule has 34 heavy (non-hydrogen) atoms. The maximum Gasteiger partial charge on any atom is 0.275 e. The van der Waals surface area contributed by atoms with Gasteiger partial charge in [-0.1, -0.05) is 36.4 Å². The number of amides is 1. The first-order valence-electron chi connectivity index (χ1n) is 11.4. The van der Waals surface area contributed by atoms with Crippen LogP contribution >= 0.6 is 0 Å². The van der Waals surface area contributed by atoms with Gasteiger partial charge in [-0.3, -0.25) is 14.7 Å². The lowest BCUT2D eigenvalue weighted by Gasteiger charge is -2.35. The lowest BCUT2D eigenvalue weighted by Crippen LogP contribution is -2.46. The Hall–Kier alpha value is -4.04. The van der Waals surface area contributed by atoms with Crippen LogP contribution in [0.5, 0.6) is 0 Å². The van der Waals surface area contributed by atoms with Crippen LogP contribution in [0.2, 0.25) is 0 Å². The second kappa shape index (κ2) is 9.84. The fraction of sp³-hybridized carbons (Fsp3) is 0.231. The second-order valence-electron chi connectivity index (χ2n) is 8.34. The van der Waals surface area contributed by atoms with E-state index in [4.69, 9.17) is 0 Å². The van der Waals surface area contributed by atoms with E-state index >= 15 is 0 Å². The van der Waals surface area contributed by atoms with Gasteiger partial charge in [0.2, 0.25) is 0 Å². The Kier molecular flexibility index (Phi) is 6.31. The molecule has 4 heterocycles. The lowest BCUT2D eigenvalue weighted by atomic mass is 10.1. The van der Waals surface area contributed by atoms with E-state index in [1.165, 1.54) is 12.4 Å². The Labute approximate surface area is 198 Å². The number of pyridine rings is 1. The SMILES string of the molecule is Cc1[nH]c(-c2ccccc2)c(NC(=O)c2cnccn2)c1CN1CCN(c2ccccn2)CC1. The number of carbonyl (C=O) groups is 1. The van der Waals surface area contributed by atoms with E-state index in [9.17, 15) is 4.79 Å². The highest BCUT2D eigenvalue weighted by molar-refractivity contribution is 6.05. The number of aryl methyl sites for hydroxylation is 1. The van der Waals surface area contributed by atoms with Crippen molar-refractivity contribution < 1.29 is 4.79 Å². The number of nitrogens with zero attached hydrogens (tertiary/aromatic N) is 5. The Morgan fingerprint density at radius 1 is 0.971 bits per heavy atom. The van der Waals surface area contributed by atoms with E-state index in [1.54, 1.807) is 6.20 Å². The molecule has 172 valence electrons. The highest BCUT2D eigenvalue weighted by atomic mass is 16.1. The van der Waals surface area contributed by atoms with Gasteiger partial charge < -0.3 is 15.2 Å². The molecule has 0 saturated carbocycles. The summed E-state index contributed by atoms with van der Waals surface area (Å²) in [5.74, 6) is 0.744. The molecule has 0 bridgehead atoms. The number of aromatic amines is 1. The first-order chi connectivity index (χ1) is 16.7. The molecular weight excluding hydrogens is 426 g/mol. The van der Waals surface area contributed by atoms with Crippen molar-refractivity contribution in [1.29, 1.82) is 0 Å². The van der Waals surface area contributed by atoms with Crippen LogP contribution in [0.3, 0.4) is 0 Å². The molecule has 1 aliphatic rings. The average molecular weight is 454 g/mol. The first-order valence-corrected chi connectivity index (χ1v) is 11.4. The minimum Gasteiger partial charge on any atom is -0.357 e. The van der Waals surface area contributed by atoms with Crippen molar-refractivity contribution in [2.24, 2.45) is 0 Å². The summed E-state index contributed by atoms with van der Waals surface area (Å²) in [7, 11) is 0. The van der Waals surface area contributed by atoms with Gasteiger partial charge in [-0.25, -0.2) is 9.97 Å². The number of aromatic nitrogens is 4. The summed E-state index contributed by atoms with van der Waals surface area (Å²) in [5.41, 5.74) is 5.13. The van der Waals surface area contributed by atoms with E-state index in [-0.39, 0.29) is 11.6 Å². The number of hydrogen-bond acceptors (Lipinski definition) is 6. The van der Waals surface area contributed by atoms with Gasteiger partial charge in [0, 0.05) is 68.1 Å². The molecule has 2 N–H and O–H groups in total. The largest absolute Gasteiger partial charge is 0.357 e. The Balaban J connectivity index is 1.39. The molecule has 1 saturated heterocycles. The fourth-order valence-electron chi connectivity index (χ4n) is 4.31. The number of nitrogens with one attached hydrogen (secondary N) is 2. The van der Waals surface area contributed by atoms with Crippen molar-refractivity contribution in [2.45, 2.75) is 13.5 Å². The van der Waals surface area contributed by atoms with Crippen molar-refractivity contribution in [2.75, 3.05) is 36.4 Å². The third-order valence-corrected chi connectivity index (χ3v) is 6.14. The first kappa shape index (κ1) is 21.8. The average Bonchev–Trinajstić information content (AvgIpc) is 3.20. The number of anilines is 2. The van der Waals surface area contributed by atoms with Gasteiger partial charge in [0.1, 0.15) is 11.5 Å². The maximum absolute atomic E-state index is 13.0. The molecule has 1 aromatic carbocycles. The molecule has 0 atom stereocenters. The number of rotatable bonds is 6. The van der Waals surface area contributed by atoms with Gasteiger partial charge in [-0.05, 0) is 19.1 Å². The number of piperazine rings is 1. The molecule has 1 amide bonds. The van der Waals surface area contributed by atoms with Gasteiger partial charge in [0.25, 0.3) is 5.91 Å². The summed E-state index contributed by atoms with van der Waals surface area (Å²) < 4.78 is 0. The van der Waals surface area contributed by atoms with Crippen LogP contribution < -0.4 is 10.2 Å². The number of hydrogen-bond donors (Lipinski definition) is 2.